The number of amides is 1. The van der Waals surface area contributed by atoms with Gasteiger partial charge in [0.05, 0.1) is 12.4 Å². The average molecular weight is 270 g/mol. The molecule has 0 unspecified atom stereocenters. The van der Waals surface area contributed by atoms with Crippen molar-refractivity contribution in [2.45, 2.75) is 19.8 Å². The van der Waals surface area contributed by atoms with E-state index in [0.29, 0.717) is 12.3 Å². The van der Waals surface area contributed by atoms with Crippen LogP contribution in [0, 0.1) is 0 Å². The van der Waals surface area contributed by atoms with E-state index >= 15 is 0 Å². The maximum absolute atomic E-state index is 12.0. The van der Waals surface area contributed by atoms with E-state index in [1.807, 2.05) is 0 Å². The Kier molecular flexibility index (Phi) is 6.49. The highest BCUT2D eigenvalue weighted by Gasteiger charge is 2.20. The molecule has 18 heavy (non-hydrogen) atoms. The summed E-state index contributed by atoms with van der Waals surface area (Å²) in [6.45, 7) is 7.06. The molecule has 0 spiro atoms. The molecule has 0 bridgehead atoms. The summed E-state index contributed by atoms with van der Waals surface area (Å²) in [6.07, 6.45) is 2.07. The number of carbonyl (C=O) groups is 2. The number of aliphatic imine (C=N–C) groups is 1. The number of ether oxygens (including phenoxy) is 1. The lowest BCUT2D eigenvalue weighted by Crippen LogP contribution is -2.28. The van der Waals surface area contributed by atoms with Crippen LogP contribution in [0.2, 0.25) is 0 Å². The normalized spacial score (nSPS) is 15.6. The summed E-state index contributed by atoms with van der Waals surface area (Å²) in [4.78, 5) is 28.6. The minimum atomic E-state index is -0.296. The van der Waals surface area contributed by atoms with E-state index in [2.05, 4.69) is 11.7 Å². The second-order valence-electron chi connectivity index (χ2n) is 3.78. The third kappa shape index (κ3) is 4.52. The van der Waals surface area contributed by atoms with Crippen molar-refractivity contribution in [2.24, 2.45) is 4.99 Å². The summed E-state index contributed by atoms with van der Waals surface area (Å²) < 4.78 is 4.79. The standard InChI is InChI=1S/C12H18N2O3S/c1-3-17-11(15)9-18-8-10(13-2)12(16)14-6-4-5-7-14/h8H,2-7,9H2,1H3/b10-8-. The van der Waals surface area contributed by atoms with Crippen LogP contribution in [0.4, 0.5) is 0 Å². The highest BCUT2D eigenvalue weighted by Crippen LogP contribution is 2.15. The summed E-state index contributed by atoms with van der Waals surface area (Å²) in [5.41, 5.74) is 0.297. The molecule has 1 aliphatic heterocycles. The minimum absolute atomic E-state index is 0.112. The van der Waals surface area contributed by atoms with Gasteiger partial charge in [0.1, 0.15) is 5.70 Å². The number of esters is 1. The van der Waals surface area contributed by atoms with Gasteiger partial charge in [0.2, 0.25) is 0 Å². The van der Waals surface area contributed by atoms with E-state index in [4.69, 9.17) is 4.74 Å². The third-order valence-corrected chi connectivity index (χ3v) is 3.28. The Morgan fingerprint density at radius 3 is 2.67 bits per heavy atom. The minimum Gasteiger partial charge on any atom is -0.465 e. The summed E-state index contributed by atoms with van der Waals surface area (Å²) in [6, 6.07) is 0. The van der Waals surface area contributed by atoms with E-state index in [9.17, 15) is 9.59 Å². The smallest absolute Gasteiger partial charge is 0.316 e. The number of hydrogen-bond donors (Lipinski definition) is 0. The molecule has 0 atom stereocenters. The van der Waals surface area contributed by atoms with Crippen molar-refractivity contribution in [1.29, 1.82) is 0 Å². The maximum atomic E-state index is 12.0. The number of likely N-dealkylation sites (tertiary alicyclic amines) is 1. The predicted octanol–water partition coefficient (Wildman–Crippen LogP) is 1.45. The van der Waals surface area contributed by atoms with Crippen molar-refractivity contribution in [3.05, 3.63) is 11.1 Å². The SMILES string of the molecule is C=N/C(=C\SCC(=O)OCC)C(=O)N1CCCC1. The second-order valence-corrected chi connectivity index (χ2v) is 4.63. The Bertz CT molecular complexity index is 349. The zero-order chi connectivity index (χ0) is 13.4. The van der Waals surface area contributed by atoms with Crippen LogP contribution in [0.25, 0.3) is 0 Å². The number of thioether (sulfide) groups is 1. The van der Waals surface area contributed by atoms with Crippen LogP contribution in [0.1, 0.15) is 19.8 Å². The molecule has 1 fully saturated rings. The van der Waals surface area contributed by atoms with Crippen LogP contribution in [-0.4, -0.2) is 48.9 Å². The van der Waals surface area contributed by atoms with Crippen LogP contribution in [0.3, 0.4) is 0 Å². The van der Waals surface area contributed by atoms with Gasteiger partial charge in [0.15, 0.2) is 0 Å². The van der Waals surface area contributed by atoms with Gasteiger partial charge in [-0.15, -0.1) is 11.8 Å². The lowest BCUT2D eigenvalue weighted by Gasteiger charge is -2.14. The second kappa shape index (κ2) is 7.92. The first-order chi connectivity index (χ1) is 8.69. The number of rotatable bonds is 6. The average Bonchev–Trinajstić information content (AvgIpc) is 2.88. The van der Waals surface area contributed by atoms with Gasteiger partial charge < -0.3 is 9.64 Å². The third-order valence-electron chi connectivity index (χ3n) is 2.48. The molecule has 1 aliphatic rings. The van der Waals surface area contributed by atoms with Gasteiger partial charge in [-0.2, -0.15) is 0 Å². The quantitative estimate of drug-likeness (QED) is 0.416. The fraction of sp³-hybridized carbons (Fsp3) is 0.583. The fourth-order valence-corrected chi connectivity index (χ4v) is 2.26. The molecule has 0 aliphatic carbocycles. The van der Waals surface area contributed by atoms with Crippen LogP contribution in [0.15, 0.2) is 16.1 Å². The van der Waals surface area contributed by atoms with E-state index in [1.165, 1.54) is 11.8 Å². The molecule has 1 rings (SSSR count). The summed E-state index contributed by atoms with van der Waals surface area (Å²) >= 11 is 1.20. The molecule has 0 radical (unpaired) electrons. The van der Waals surface area contributed by atoms with Gasteiger partial charge in [-0.05, 0) is 26.5 Å². The number of carbonyl (C=O) groups excluding carboxylic acids is 2. The number of hydrogen-bond acceptors (Lipinski definition) is 5. The molecule has 1 amide bonds. The van der Waals surface area contributed by atoms with E-state index in [0.717, 1.165) is 25.9 Å². The van der Waals surface area contributed by atoms with Gasteiger partial charge in [-0.25, -0.2) is 0 Å². The van der Waals surface area contributed by atoms with Crippen LogP contribution in [0.5, 0.6) is 0 Å². The van der Waals surface area contributed by atoms with Gasteiger partial charge in [0.25, 0.3) is 5.91 Å². The highest BCUT2D eigenvalue weighted by atomic mass is 32.2. The van der Waals surface area contributed by atoms with Gasteiger partial charge >= 0.3 is 5.97 Å². The van der Waals surface area contributed by atoms with Crippen molar-refractivity contribution < 1.29 is 14.3 Å². The van der Waals surface area contributed by atoms with Crippen LogP contribution in [-0.2, 0) is 14.3 Å². The van der Waals surface area contributed by atoms with Gasteiger partial charge in [-0.1, -0.05) is 0 Å². The van der Waals surface area contributed by atoms with Gasteiger partial charge in [0, 0.05) is 18.5 Å². The van der Waals surface area contributed by atoms with E-state index in [-0.39, 0.29) is 17.6 Å². The monoisotopic (exact) mass is 270 g/mol. The Balaban J connectivity index is 2.46. The Morgan fingerprint density at radius 1 is 1.44 bits per heavy atom. The molecular weight excluding hydrogens is 252 g/mol. The lowest BCUT2D eigenvalue weighted by atomic mass is 10.4. The molecule has 0 aromatic heterocycles. The Morgan fingerprint density at radius 2 is 2.11 bits per heavy atom. The highest BCUT2D eigenvalue weighted by molar-refractivity contribution is 8.02. The predicted molar refractivity (Wildman–Crippen MR) is 72.5 cm³/mol. The molecule has 6 heteroatoms. The summed E-state index contributed by atoms with van der Waals surface area (Å²) in [5.74, 6) is -0.227. The van der Waals surface area contributed by atoms with Crippen molar-refractivity contribution in [3.8, 4) is 0 Å². The molecule has 100 valence electrons. The zero-order valence-electron chi connectivity index (χ0n) is 10.6. The van der Waals surface area contributed by atoms with Crippen molar-refractivity contribution >= 4 is 30.4 Å². The first kappa shape index (κ1) is 14.8. The van der Waals surface area contributed by atoms with Crippen LogP contribution < -0.4 is 0 Å². The van der Waals surface area contributed by atoms with Crippen molar-refractivity contribution in [3.63, 3.8) is 0 Å². The lowest BCUT2D eigenvalue weighted by molar-refractivity contribution is -0.139. The molecule has 1 saturated heterocycles. The molecule has 0 N–H and O–H groups in total. The van der Waals surface area contributed by atoms with Crippen LogP contribution >= 0.6 is 11.8 Å². The summed E-state index contributed by atoms with van der Waals surface area (Å²) in [5, 5.41) is 1.57. The summed E-state index contributed by atoms with van der Waals surface area (Å²) in [7, 11) is 0. The largest absolute Gasteiger partial charge is 0.465 e. The van der Waals surface area contributed by atoms with Crippen molar-refractivity contribution in [1.82, 2.24) is 4.90 Å². The first-order valence-corrected chi connectivity index (χ1v) is 6.97. The number of nitrogens with zero attached hydrogens (tertiary/aromatic N) is 2. The first-order valence-electron chi connectivity index (χ1n) is 5.92. The topological polar surface area (TPSA) is 59.0 Å². The maximum Gasteiger partial charge on any atom is 0.316 e. The zero-order valence-corrected chi connectivity index (χ0v) is 11.4. The van der Waals surface area contributed by atoms with E-state index < -0.39 is 0 Å². The Hall–Kier alpha value is -1.30. The molecule has 1 heterocycles. The van der Waals surface area contributed by atoms with Gasteiger partial charge in [-0.3, -0.25) is 14.6 Å². The Labute approximate surface area is 111 Å². The molecular formula is C12H18N2O3S. The molecule has 0 aromatic carbocycles. The molecule has 0 aromatic rings. The molecule has 5 nitrogen and oxygen atoms in total. The van der Waals surface area contributed by atoms with Crippen molar-refractivity contribution in [2.75, 3.05) is 25.4 Å². The molecule has 0 saturated carbocycles. The van der Waals surface area contributed by atoms with E-state index in [1.54, 1.807) is 17.2 Å². The fourth-order valence-electron chi connectivity index (χ4n) is 1.63.